The molecule has 3 aromatic carbocycles. The number of benzene rings is 3. The molecule has 5 heteroatoms. The van der Waals surface area contributed by atoms with Crippen molar-refractivity contribution in [3.8, 4) is 0 Å². The Hall–Kier alpha value is -2.76. The number of hydrogen-bond acceptors (Lipinski definition) is 4. The lowest BCUT2D eigenvalue weighted by Crippen LogP contribution is -2.44. The maximum absolute atomic E-state index is 12.9. The molecule has 1 aliphatic heterocycles. The number of rotatable bonds is 7. The van der Waals surface area contributed by atoms with Crippen LogP contribution in [0.3, 0.4) is 0 Å². The highest BCUT2D eigenvalue weighted by Gasteiger charge is 2.19. The molecule has 1 fully saturated rings. The van der Waals surface area contributed by atoms with Gasteiger partial charge in [-0.15, -0.1) is 11.8 Å². The summed E-state index contributed by atoms with van der Waals surface area (Å²) in [6.45, 7) is 4.02. The molecule has 0 radical (unpaired) electrons. The number of nitrogens with zero attached hydrogens (tertiary/aromatic N) is 2. The van der Waals surface area contributed by atoms with Crippen molar-refractivity contribution in [2.75, 3.05) is 49.2 Å². The van der Waals surface area contributed by atoms with Gasteiger partial charge < -0.3 is 15.1 Å². The van der Waals surface area contributed by atoms with E-state index in [1.165, 1.54) is 11.1 Å². The number of anilines is 2. The van der Waals surface area contributed by atoms with Crippen LogP contribution in [0.15, 0.2) is 84.9 Å². The third-order valence-corrected chi connectivity index (χ3v) is 6.91. The van der Waals surface area contributed by atoms with Gasteiger partial charge in [0.25, 0.3) is 0 Å². The standard InChI is InChI=1S/C26H29N3OS/c1-28-16-18-29(19-17-28)24-15-9-8-14-23(24)27-25(30)20-31-26(21-10-4-2-5-11-21)22-12-6-3-7-13-22/h2-15,26H,16-20H2,1H3,(H,27,30). The van der Waals surface area contributed by atoms with Gasteiger partial charge in [-0.05, 0) is 30.3 Å². The smallest absolute Gasteiger partial charge is 0.234 e. The lowest BCUT2D eigenvalue weighted by molar-refractivity contribution is -0.113. The minimum Gasteiger partial charge on any atom is -0.367 e. The molecule has 0 aliphatic carbocycles. The van der Waals surface area contributed by atoms with Crippen LogP contribution in [0.2, 0.25) is 0 Å². The van der Waals surface area contributed by atoms with Crippen molar-refractivity contribution in [3.63, 3.8) is 0 Å². The summed E-state index contributed by atoms with van der Waals surface area (Å²) in [4.78, 5) is 17.6. The lowest BCUT2D eigenvalue weighted by atomic mass is 10.0. The molecule has 1 heterocycles. The van der Waals surface area contributed by atoms with Gasteiger partial charge in [-0.3, -0.25) is 4.79 Å². The minimum absolute atomic E-state index is 0.0310. The zero-order valence-electron chi connectivity index (χ0n) is 17.9. The van der Waals surface area contributed by atoms with E-state index < -0.39 is 0 Å². The van der Waals surface area contributed by atoms with Crippen LogP contribution >= 0.6 is 11.8 Å². The molecule has 4 nitrogen and oxygen atoms in total. The van der Waals surface area contributed by atoms with E-state index in [9.17, 15) is 4.79 Å². The Balaban J connectivity index is 1.44. The number of amides is 1. The molecule has 0 atom stereocenters. The van der Waals surface area contributed by atoms with E-state index in [4.69, 9.17) is 0 Å². The number of carbonyl (C=O) groups excluding carboxylic acids is 1. The zero-order chi connectivity index (χ0) is 21.5. The Kier molecular flexibility index (Phi) is 7.28. The number of carbonyl (C=O) groups is 1. The summed E-state index contributed by atoms with van der Waals surface area (Å²) in [5, 5.41) is 3.29. The van der Waals surface area contributed by atoms with E-state index in [0.717, 1.165) is 37.6 Å². The first-order valence-electron chi connectivity index (χ1n) is 10.7. The Morgan fingerprint density at radius 1 is 0.839 bits per heavy atom. The van der Waals surface area contributed by atoms with E-state index in [-0.39, 0.29) is 11.2 Å². The summed E-state index contributed by atoms with van der Waals surface area (Å²) in [5.74, 6) is 0.425. The third-order valence-electron chi connectivity index (χ3n) is 5.61. The van der Waals surface area contributed by atoms with E-state index in [2.05, 4.69) is 76.8 Å². The first-order chi connectivity index (χ1) is 15.2. The molecule has 1 N–H and O–H groups in total. The zero-order valence-corrected chi connectivity index (χ0v) is 18.7. The molecule has 1 saturated heterocycles. The molecule has 1 amide bonds. The number of likely N-dealkylation sites (N-methyl/N-ethyl adjacent to an activating group) is 1. The van der Waals surface area contributed by atoms with Gasteiger partial charge in [0, 0.05) is 26.2 Å². The highest BCUT2D eigenvalue weighted by atomic mass is 32.2. The quantitative estimate of drug-likeness (QED) is 0.577. The second-order valence-corrected chi connectivity index (χ2v) is 8.96. The summed E-state index contributed by atoms with van der Waals surface area (Å²) in [5.41, 5.74) is 4.43. The number of nitrogens with one attached hydrogen (secondary N) is 1. The van der Waals surface area contributed by atoms with E-state index in [1.807, 2.05) is 30.3 Å². The first-order valence-corrected chi connectivity index (χ1v) is 11.8. The molecule has 1 aliphatic rings. The van der Waals surface area contributed by atoms with Gasteiger partial charge in [0.2, 0.25) is 5.91 Å². The number of hydrogen-bond donors (Lipinski definition) is 1. The monoisotopic (exact) mass is 431 g/mol. The van der Waals surface area contributed by atoms with Crippen LogP contribution in [0.25, 0.3) is 0 Å². The summed E-state index contributed by atoms with van der Waals surface area (Å²) in [6, 6.07) is 28.9. The van der Waals surface area contributed by atoms with E-state index in [0.29, 0.717) is 5.75 Å². The molecule has 31 heavy (non-hydrogen) atoms. The van der Waals surface area contributed by atoms with E-state index >= 15 is 0 Å². The predicted molar refractivity (Wildman–Crippen MR) is 132 cm³/mol. The maximum Gasteiger partial charge on any atom is 0.234 e. The highest BCUT2D eigenvalue weighted by molar-refractivity contribution is 8.00. The molecule has 0 aromatic heterocycles. The molecule has 0 saturated carbocycles. The van der Waals surface area contributed by atoms with Gasteiger partial charge >= 0.3 is 0 Å². The summed E-state index contributed by atoms with van der Waals surface area (Å²) < 4.78 is 0. The summed E-state index contributed by atoms with van der Waals surface area (Å²) in [7, 11) is 2.15. The SMILES string of the molecule is CN1CCN(c2ccccc2NC(=O)CSC(c2ccccc2)c2ccccc2)CC1. The third kappa shape index (κ3) is 5.69. The molecule has 0 bridgehead atoms. The average molecular weight is 432 g/mol. The fourth-order valence-corrected chi connectivity index (χ4v) is 4.98. The van der Waals surface area contributed by atoms with Crippen molar-refractivity contribution in [3.05, 3.63) is 96.1 Å². The fraction of sp³-hybridized carbons (Fsp3) is 0.269. The van der Waals surface area contributed by atoms with Crippen LogP contribution in [0.5, 0.6) is 0 Å². The number of para-hydroxylation sites is 2. The van der Waals surface area contributed by atoms with Crippen LogP contribution in [-0.2, 0) is 4.79 Å². The Morgan fingerprint density at radius 2 is 1.39 bits per heavy atom. The van der Waals surface area contributed by atoms with Crippen molar-refractivity contribution in [2.45, 2.75) is 5.25 Å². The largest absolute Gasteiger partial charge is 0.367 e. The van der Waals surface area contributed by atoms with Crippen molar-refractivity contribution in [1.82, 2.24) is 4.90 Å². The van der Waals surface area contributed by atoms with Crippen LogP contribution in [-0.4, -0.2) is 49.8 Å². The molecule has 4 rings (SSSR count). The number of thioether (sulfide) groups is 1. The van der Waals surface area contributed by atoms with Gasteiger partial charge in [-0.1, -0.05) is 72.8 Å². The van der Waals surface area contributed by atoms with Crippen molar-refractivity contribution >= 4 is 29.0 Å². The van der Waals surface area contributed by atoms with Crippen molar-refractivity contribution < 1.29 is 4.79 Å². The summed E-state index contributed by atoms with van der Waals surface area (Å²) in [6.07, 6.45) is 0. The van der Waals surface area contributed by atoms with E-state index in [1.54, 1.807) is 11.8 Å². The minimum atomic E-state index is 0.0310. The topological polar surface area (TPSA) is 35.6 Å². The van der Waals surface area contributed by atoms with Crippen molar-refractivity contribution in [1.29, 1.82) is 0 Å². The van der Waals surface area contributed by atoms with Gasteiger partial charge in [0.1, 0.15) is 0 Å². The van der Waals surface area contributed by atoms with Crippen LogP contribution in [0.4, 0.5) is 11.4 Å². The second kappa shape index (κ2) is 10.5. The fourth-order valence-electron chi connectivity index (χ4n) is 3.89. The normalized spacial score (nSPS) is 14.6. The van der Waals surface area contributed by atoms with Crippen LogP contribution in [0, 0.1) is 0 Å². The van der Waals surface area contributed by atoms with Gasteiger partial charge in [-0.2, -0.15) is 0 Å². The molecular weight excluding hydrogens is 402 g/mol. The van der Waals surface area contributed by atoms with Crippen LogP contribution < -0.4 is 10.2 Å². The molecule has 0 unspecified atom stereocenters. The summed E-state index contributed by atoms with van der Waals surface area (Å²) >= 11 is 1.66. The molecule has 0 spiro atoms. The lowest BCUT2D eigenvalue weighted by Gasteiger charge is -2.35. The highest BCUT2D eigenvalue weighted by Crippen LogP contribution is 2.35. The van der Waals surface area contributed by atoms with Crippen LogP contribution in [0.1, 0.15) is 16.4 Å². The van der Waals surface area contributed by atoms with Gasteiger partial charge in [0.15, 0.2) is 0 Å². The second-order valence-electron chi connectivity index (χ2n) is 7.87. The van der Waals surface area contributed by atoms with Gasteiger partial charge in [-0.25, -0.2) is 0 Å². The molecule has 160 valence electrons. The van der Waals surface area contributed by atoms with Gasteiger partial charge in [0.05, 0.1) is 22.4 Å². The Labute approximate surface area is 189 Å². The Morgan fingerprint density at radius 3 is 2.00 bits per heavy atom. The first kappa shape index (κ1) is 21.5. The molecule has 3 aromatic rings. The molecular formula is C26H29N3OS. The Bertz CT molecular complexity index is 933. The maximum atomic E-state index is 12.9. The number of piperazine rings is 1. The van der Waals surface area contributed by atoms with Crippen molar-refractivity contribution in [2.24, 2.45) is 0 Å². The average Bonchev–Trinajstić information content (AvgIpc) is 2.82. The predicted octanol–water partition coefficient (Wildman–Crippen LogP) is 4.90.